The molecule has 2 nitrogen and oxygen atoms in total. The Bertz CT molecular complexity index is 566. The third-order valence-corrected chi connectivity index (χ3v) is 3.87. The molecule has 0 saturated heterocycles. The maximum atomic E-state index is 9.43. The smallest absolute Gasteiger partial charge is 0.137 e. The lowest BCUT2D eigenvalue weighted by Crippen LogP contribution is -1.99. The summed E-state index contributed by atoms with van der Waals surface area (Å²) in [6.45, 7) is 2.19. The zero-order valence-electron chi connectivity index (χ0n) is 10.7. The standard InChI is InChI=1S/C16H18O2/c1-11-13-7-4-5-9-15(13)18-16(11)14-8-3-2-6-12(14)10-17/h2-3,6,8,17H,4-5,7,9-10H2,1H3. The zero-order valence-corrected chi connectivity index (χ0v) is 10.7. The molecule has 18 heavy (non-hydrogen) atoms. The van der Waals surface area contributed by atoms with Crippen LogP contribution in [0.25, 0.3) is 11.3 Å². The highest BCUT2D eigenvalue weighted by atomic mass is 16.3. The van der Waals surface area contributed by atoms with Crippen LogP contribution in [0.15, 0.2) is 28.7 Å². The van der Waals surface area contributed by atoms with Crippen molar-refractivity contribution in [2.24, 2.45) is 0 Å². The van der Waals surface area contributed by atoms with E-state index >= 15 is 0 Å². The molecule has 0 amide bonds. The van der Waals surface area contributed by atoms with E-state index in [-0.39, 0.29) is 6.61 Å². The molecule has 94 valence electrons. The third-order valence-electron chi connectivity index (χ3n) is 3.87. The molecule has 1 aliphatic carbocycles. The van der Waals surface area contributed by atoms with Gasteiger partial charge in [0.2, 0.25) is 0 Å². The molecular formula is C16H18O2. The fraction of sp³-hybridized carbons (Fsp3) is 0.375. The highest BCUT2D eigenvalue weighted by Gasteiger charge is 2.21. The fourth-order valence-electron chi connectivity index (χ4n) is 2.86. The molecule has 2 heteroatoms. The summed E-state index contributed by atoms with van der Waals surface area (Å²) in [5.41, 5.74) is 4.62. The summed E-state index contributed by atoms with van der Waals surface area (Å²) in [5, 5.41) is 9.43. The molecule has 0 unspecified atom stereocenters. The summed E-state index contributed by atoms with van der Waals surface area (Å²) in [6.07, 6.45) is 4.67. The minimum absolute atomic E-state index is 0.0565. The van der Waals surface area contributed by atoms with Crippen LogP contribution in [0.2, 0.25) is 0 Å². The third kappa shape index (κ3) is 1.77. The van der Waals surface area contributed by atoms with Gasteiger partial charge < -0.3 is 9.52 Å². The van der Waals surface area contributed by atoms with Crippen molar-refractivity contribution in [3.05, 3.63) is 46.7 Å². The molecule has 0 bridgehead atoms. The Hall–Kier alpha value is -1.54. The van der Waals surface area contributed by atoms with Gasteiger partial charge >= 0.3 is 0 Å². The number of hydrogen-bond donors (Lipinski definition) is 1. The highest BCUT2D eigenvalue weighted by molar-refractivity contribution is 5.67. The lowest BCUT2D eigenvalue weighted by molar-refractivity contribution is 0.282. The van der Waals surface area contributed by atoms with E-state index in [9.17, 15) is 5.11 Å². The molecule has 0 atom stereocenters. The van der Waals surface area contributed by atoms with Crippen LogP contribution in [0.5, 0.6) is 0 Å². The summed E-state index contributed by atoms with van der Waals surface area (Å²) in [7, 11) is 0. The molecule has 1 aromatic carbocycles. The summed E-state index contributed by atoms with van der Waals surface area (Å²) in [4.78, 5) is 0. The number of aliphatic hydroxyl groups is 1. The minimum atomic E-state index is 0.0565. The number of furan rings is 1. The first-order valence-electron chi connectivity index (χ1n) is 6.61. The van der Waals surface area contributed by atoms with Gasteiger partial charge in [-0.15, -0.1) is 0 Å². The monoisotopic (exact) mass is 242 g/mol. The molecule has 0 fully saturated rings. The van der Waals surface area contributed by atoms with Crippen LogP contribution in [0, 0.1) is 6.92 Å². The summed E-state index contributed by atoms with van der Waals surface area (Å²) in [5.74, 6) is 2.10. The van der Waals surface area contributed by atoms with Crippen LogP contribution in [0.3, 0.4) is 0 Å². The van der Waals surface area contributed by atoms with Crippen molar-refractivity contribution < 1.29 is 9.52 Å². The minimum Gasteiger partial charge on any atom is -0.461 e. The summed E-state index contributed by atoms with van der Waals surface area (Å²) < 4.78 is 6.05. The van der Waals surface area contributed by atoms with Gasteiger partial charge in [0.1, 0.15) is 11.5 Å². The van der Waals surface area contributed by atoms with E-state index in [2.05, 4.69) is 6.92 Å². The first kappa shape index (κ1) is 11.5. The molecule has 0 radical (unpaired) electrons. The van der Waals surface area contributed by atoms with E-state index in [1.165, 1.54) is 24.0 Å². The van der Waals surface area contributed by atoms with Crippen LogP contribution >= 0.6 is 0 Å². The maximum Gasteiger partial charge on any atom is 0.137 e. The van der Waals surface area contributed by atoms with Gasteiger partial charge in [0.15, 0.2) is 0 Å². The number of fused-ring (bicyclic) bond motifs is 1. The molecule has 1 aromatic heterocycles. The molecule has 1 aliphatic rings. The average Bonchev–Trinajstić information content (AvgIpc) is 2.76. The van der Waals surface area contributed by atoms with Gasteiger partial charge in [0.25, 0.3) is 0 Å². The van der Waals surface area contributed by atoms with E-state index in [0.717, 1.165) is 35.5 Å². The Morgan fingerprint density at radius 1 is 1.17 bits per heavy atom. The molecule has 1 heterocycles. The Labute approximate surface area is 107 Å². The topological polar surface area (TPSA) is 33.4 Å². The average molecular weight is 242 g/mol. The number of rotatable bonds is 2. The molecule has 0 saturated carbocycles. The highest BCUT2D eigenvalue weighted by Crippen LogP contribution is 2.36. The largest absolute Gasteiger partial charge is 0.461 e. The van der Waals surface area contributed by atoms with E-state index in [1.807, 2.05) is 24.3 Å². The normalized spacial score (nSPS) is 14.6. The second kappa shape index (κ2) is 4.62. The van der Waals surface area contributed by atoms with Crippen molar-refractivity contribution in [1.29, 1.82) is 0 Å². The number of aryl methyl sites for hydroxylation is 1. The Balaban J connectivity index is 2.14. The quantitative estimate of drug-likeness (QED) is 0.872. The van der Waals surface area contributed by atoms with Gasteiger partial charge in [-0.3, -0.25) is 0 Å². The predicted octanol–water partition coefficient (Wildman–Crippen LogP) is 3.63. The summed E-state index contributed by atoms with van der Waals surface area (Å²) >= 11 is 0. The second-order valence-corrected chi connectivity index (χ2v) is 4.98. The van der Waals surface area contributed by atoms with Crippen molar-refractivity contribution in [3.63, 3.8) is 0 Å². The van der Waals surface area contributed by atoms with E-state index in [1.54, 1.807) is 0 Å². The van der Waals surface area contributed by atoms with Gasteiger partial charge in [-0.05, 0) is 42.9 Å². The fourth-order valence-corrected chi connectivity index (χ4v) is 2.86. The van der Waals surface area contributed by atoms with Gasteiger partial charge in [0, 0.05) is 12.0 Å². The molecule has 0 spiro atoms. The molecule has 0 aliphatic heterocycles. The molecular weight excluding hydrogens is 224 g/mol. The Morgan fingerprint density at radius 3 is 2.72 bits per heavy atom. The van der Waals surface area contributed by atoms with Gasteiger partial charge in [-0.2, -0.15) is 0 Å². The van der Waals surface area contributed by atoms with E-state index in [0.29, 0.717) is 0 Å². The maximum absolute atomic E-state index is 9.43. The lowest BCUT2D eigenvalue weighted by Gasteiger charge is -2.08. The summed E-state index contributed by atoms with van der Waals surface area (Å²) in [6, 6.07) is 7.93. The van der Waals surface area contributed by atoms with Gasteiger partial charge in [0.05, 0.1) is 6.61 Å². The van der Waals surface area contributed by atoms with Crippen LogP contribution in [0.1, 0.15) is 35.3 Å². The van der Waals surface area contributed by atoms with Crippen LogP contribution < -0.4 is 0 Å². The second-order valence-electron chi connectivity index (χ2n) is 4.98. The van der Waals surface area contributed by atoms with Crippen molar-refractivity contribution in [1.82, 2.24) is 0 Å². The SMILES string of the molecule is Cc1c(-c2ccccc2CO)oc2c1CCCC2. The zero-order chi connectivity index (χ0) is 12.5. The van der Waals surface area contributed by atoms with Crippen LogP contribution in [-0.2, 0) is 19.4 Å². The van der Waals surface area contributed by atoms with Crippen molar-refractivity contribution in [3.8, 4) is 11.3 Å². The van der Waals surface area contributed by atoms with Crippen molar-refractivity contribution in [2.75, 3.05) is 0 Å². The molecule has 2 aromatic rings. The Kier molecular flexibility index (Phi) is 2.96. The molecule has 1 N–H and O–H groups in total. The first-order valence-corrected chi connectivity index (χ1v) is 6.61. The van der Waals surface area contributed by atoms with Crippen molar-refractivity contribution in [2.45, 2.75) is 39.2 Å². The number of benzene rings is 1. The van der Waals surface area contributed by atoms with E-state index in [4.69, 9.17) is 4.42 Å². The van der Waals surface area contributed by atoms with E-state index < -0.39 is 0 Å². The van der Waals surface area contributed by atoms with Crippen LogP contribution in [0.4, 0.5) is 0 Å². The lowest BCUT2D eigenvalue weighted by atomic mass is 9.94. The van der Waals surface area contributed by atoms with Gasteiger partial charge in [-0.25, -0.2) is 0 Å². The predicted molar refractivity (Wildman–Crippen MR) is 71.4 cm³/mol. The first-order chi connectivity index (χ1) is 8.81. The van der Waals surface area contributed by atoms with Gasteiger partial charge in [-0.1, -0.05) is 24.3 Å². The Morgan fingerprint density at radius 2 is 1.94 bits per heavy atom. The number of aliphatic hydroxyl groups excluding tert-OH is 1. The van der Waals surface area contributed by atoms with Crippen LogP contribution in [-0.4, -0.2) is 5.11 Å². The molecule has 3 rings (SSSR count). The number of hydrogen-bond acceptors (Lipinski definition) is 2. The van der Waals surface area contributed by atoms with Crippen molar-refractivity contribution >= 4 is 0 Å².